The lowest BCUT2D eigenvalue weighted by atomic mass is 9.99. The smallest absolute Gasteiger partial charge is 0.0405 e. The lowest BCUT2D eigenvalue weighted by Crippen LogP contribution is -1.86. The highest BCUT2D eigenvalue weighted by Gasteiger charge is 2.02. The van der Waals surface area contributed by atoms with Gasteiger partial charge in [-0.15, -0.1) is 0 Å². The zero-order valence-corrected chi connectivity index (χ0v) is 16.3. The molecule has 136 valence electrons. The third-order valence-electron chi connectivity index (χ3n) is 4.75. The molecule has 0 atom stereocenters. The van der Waals surface area contributed by atoms with Crippen LogP contribution in [0.3, 0.4) is 0 Å². The first-order chi connectivity index (χ1) is 14.3. The molecule has 0 radical (unpaired) electrons. The Morgan fingerprint density at radius 2 is 0.862 bits per heavy atom. The van der Waals surface area contributed by atoms with Crippen LogP contribution in [0.1, 0.15) is 27.8 Å². The molecule has 0 aromatic heterocycles. The van der Waals surface area contributed by atoms with Gasteiger partial charge in [-0.2, -0.15) is 0 Å². The second-order valence-corrected chi connectivity index (χ2v) is 6.77. The molecule has 0 nitrogen and oxygen atoms in total. The summed E-state index contributed by atoms with van der Waals surface area (Å²) >= 11 is 0. The lowest BCUT2D eigenvalue weighted by Gasteiger charge is -2.04. The van der Waals surface area contributed by atoms with Gasteiger partial charge >= 0.3 is 0 Å². The van der Waals surface area contributed by atoms with Crippen LogP contribution in [0.2, 0.25) is 0 Å². The molecule has 0 N–H and O–H groups in total. The van der Waals surface area contributed by atoms with Gasteiger partial charge in [0.1, 0.15) is 0 Å². The third kappa shape index (κ3) is 4.47. The summed E-state index contributed by atoms with van der Waals surface area (Å²) in [5.41, 5.74) is 7.44. The molecule has 0 aliphatic carbocycles. The summed E-state index contributed by atoms with van der Waals surface area (Å²) in [5, 5.41) is 0. The molecule has 0 spiro atoms. The van der Waals surface area contributed by atoms with Crippen LogP contribution in [0.25, 0.3) is 11.1 Å². The van der Waals surface area contributed by atoms with Gasteiger partial charge in [0.15, 0.2) is 0 Å². The Morgan fingerprint density at radius 1 is 0.414 bits per heavy atom. The zero-order chi connectivity index (χ0) is 19.9. The van der Waals surface area contributed by atoms with Crippen molar-refractivity contribution < 1.29 is 0 Å². The quantitative estimate of drug-likeness (QED) is 0.338. The van der Waals surface area contributed by atoms with Gasteiger partial charge in [0.05, 0.1) is 0 Å². The van der Waals surface area contributed by atoms with Crippen LogP contribution in [0.5, 0.6) is 0 Å². The topological polar surface area (TPSA) is 0 Å². The standard InChI is InChI=1S/C29H20/c1-23-11-5-6-12-24(23)19-20-25-13-7-8-14-26(25)21-22-28-17-9-10-18-29(28)27-15-3-2-4-16-27/h2-18H,1H3. The Balaban J connectivity index is 1.71. The fraction of sp³-hybridized carbons (Fsp3) is 0.0345. The first-order valence-corrected chi connectivity index (χ1v) is 9.64. The Labute approximate surface area is 172 Å². The minimum absolute atomic E-state index is 0.941. The molecule has 0 aliphatic heterocycles. The third-order valence-corrected chi connectivity index (χ3v) is 4.75. The summed E-state index contributed by atoms with van der Waals surface area (Å²) in [6.45, 7) is 2.08. The van der Waals surface area contributed by atoms with Gasteiger partial charge in [0, 0.05) is 22.3 Å². The molecule has 0 fully saturated rings. The SMILES string of the molecule is Cc1ccccc1C#Cc1ccccc1C#Cc1ccccc1-c1ccccc1. The second-order valence-electron chi connectivity index (χ2n) is 6.77. The lowest BCUT2D eigenvalue weighted by molar-refractivity contribution is 1.44. The average Bonchev–Trinajstić information content (AvgIpc) is 2.78. The molecule has 4 rings (SSSR count). The van der Waals surface area contributed by atoms with Crippen molar-refractivity contribution in [3.8, 4) is 34.8 Å². The van der Waals surface area contributed by atoms with Crippen LogP contribution in [0.4, 0.5) is 0 Å². The van der Waals surface area contributed by atoms with Crippen LogP contribution in [-0.2, 0) is 0 Å². The van der Waals surface area contributed by atoms with E-state index in [0.29, 0.717) is 0 Å². The van der Waals surface area contributed by atoms with Crippen molar-refractivity contribution in [2.75, 3.05) is 0 Å². The highest BCUT2D eigenvalue weighted by molar-refractivity contribution is 5.71. The van der Waals surface area contributed by atoms with Gasteiger partial charge in [0.25, 0.3) is 0 Å². The summed E-state index contributed by atoms with van der Waals surface area (Å²) in [4.78, 5) is 0. The highest BCUT2D eigenvalue weighted by atomic mass is 14.0. The van der Waals surface area contributed by atoms with E-state index < -0.39 is 0 Å². The molecule has 0 saturated carbocycles. The van der Waals surface area contributed by atoms with E-state index in [1.807, 2.05) is 54.6 Å². The first-order valence-electron chi connectivity index (χ1n) is 9.64. The molecule has 0 heterocycles. The Hall–Kier alpha value is -4.00. The minimum Gasteiger partial charge on any atom is -0.0622 e. The van der Waals surface area contributed by atoms with Crippen molar-refractivity contribution in [1.82, 2.24) is 0 Å². The second kappa shape index (κ2) is 8.79. The van der Waals surface area contributed by atoms with Crippen LogP contribution in [0.15, 0.2) is 103 Å². The summed E-state index contributed by atoms with van der Waals surface area (Å²) in [7, 11) is 0. The van der Waals surface area contributed by atoms with Crippen LogP contribution < -0.4 is 0 Å². The Bertz CT molecular complexity index is 1260. The fourth-order valence-corrected chi connectivity index (χ4v) is 3.15. The molecular weight excluding hydrogens is 348 g/mol. The molecule has 0 aliphatic rings. The monoisotopic (exact) mass is 368 g/mol. The predicted molar refractivity (Wildman–Crippen MR) is 121 cm³/mol. The molecule has 0 bridgehead atoms. The number of hydrogen-bond acceptors (Lipinski definition) is 0. The van der Waals surface area contributed by atoms with Crippen molar-refractivity contribution in [3.05, 3.63) is 131 Å². The van der Waals surface area contributed by atoms with Crippen LogP contribution >= 0.6 is 0 Å². The molecule has 4 aromatic carbocycles. The van der Waals surface area contributed by atoms with Crippen molar-refractivity contribution >= 4 is 0 Å². The molecular formula is C29H20. The van der Waals surface area contributed by atoms with Crippen molar-refractivity contribution in [2.24, 2.45) is 0 Å². The first kappa shape index (κ1) is 18.4. The summed E-state index contributed by atoms with van der Waals surface area (Å²) in [5.74, 6) is 13.3. The molecule has 0 unspecified atom stereocenters. The molecule has 4 aromatic rings. The van der Waals surface area contributed by atoms with Gasteiger partial charge in [0.2, 0.25) is 0 Å². The van der Waals surface area contributed by atoms with Crippen molar-refractivity contribution in [1.29, 1.82) is 0 Å². The Kier molecular flexibility index (Phi) is 5.57. The van der Waals surface area contributed by atoms with Crippen molar-refractivity contribution in [2.45, 2.75) is 6.92 Å². The highest BCUT2D eigenvalue weighted by Crippen LogP contribution is 2.22. The average molecular weight is 368 g/mol. The number of benzene rings is 4. The number of hydrogen-bond donors (Lipinski definition) is 0. The number of rotatable bonds is 1. The maximum absolute atomic E-state index is 3.36. The normalized spacial score (nSPS) is 9.69. The number of aryl methyl sites for hydroxylation is 1. The van der Waals surface area contributed by atoms with Gasteiger partial charge in [-0.05, 0) is 47.9 Å². The molecule has 29 heavy (non-hydrogen) atoms. The minimum atomic E-state index is 0.941. The summed E-state index contributed by atoms with van der Waals surface area (Å²) in [6.07, 6.45) is 0. The van der Waals surface area contributed by atoms with E-state index in [1.54, 1.807) is 0 Å². The van der Waals surface area contributed by atoms with E-state index in [2.05, 4.69) is 79.1 Å². The summed E-state index contributed by atoms with van der Waals surface area (Å²) in [6, 6.07) is 34.9. The largest absolute Gasteiger partial charge is 0.0622 e. The molecule has 0 heteroatoms. The van der Waals surface area contributed by atoms with Gasteiger partial charge in [-0.3, -0.25) is 0 Å². The van der Waals surface area contributed by atoms with E-state index >= 15 is 0 Å². The van der Waals surface area contributed by atoms with Gasteiger partial charge < -0.3 is 0 Å². The van der Waals surface area contributed by atoms with Crippen molar-refractivity contribution in [3.63, 3.8) is 0 Å². The molecule has 0 amide bonds. The van der Waals surface area contributed by atoms with Crippen LogP contribution in [0, 0.1) is 30.6 Å². The fourth-order valence-electron chi connectivity index (χ4n) is 3.15. The van der Waals surface area contributed by atoms with E-state index in [9.17, 15) is 0 Å². The van der Waals surface area contributed by atoms with E-state index in [1.165, 1.54) is 11.1 Å². The van der Waals surface area contributed by atoms with E-state index in [0.717, 1.165) is 27.8 Å². The maximum atomic E-state index is 3.36. The summed E-state index contributed by atoms with van der Waals surface area (Å²) < 4.78 is 0. The van der Waals surface area contributed by atoms with E-state index in [4.69, 9.17) is 0 Å². The van der Waals surface area contributed by atoms with Gasteiger partial charge in [-0.1, -0.05) is 103 Å². The molecule has 0 saturated heterocycles. The van der Waals surface area contributed by atoms with Crippen LogP contribution in [-0.4, -0.2) is 0 Å². The maximum Gasteiger partial charge on any atom is 0.0405 e. The Morgan fingerprint density at radius 3 is 1.52 bits per heavy atom. The van der Waals surface area contributed by atoms with E-state index in [-0.39, 0.29) is 0 Å². The zero-order valence-electron chi connectivity index (χ0n) is 16.3. The predicted octanol–water partition coefficient (Wildman–Crippen LogP) is 6.46. The van der Waals surface area contributed by atoms with Gasteiger partial charge in [-0.25, -0.2) is 0 Å².